The zero-order valence-corrected chi connectivity index (χ0v) is 19.6. The molecule has 9 heteroatoms. The SMILES string of the molecule is CC(C)CC(NC(=O)OCc1ccccc1)C(=O)NC(CC(C)C)c1csc(C(=O)O)n1. The third-order valence-corrected chi connectivity index (χ3v) is 5.46. The maximum Gasteiger partial charge on any atom is 0.408 e. The maximum absolute atomic E-state index is 13.1. The topological polar surface area (TPSA) is 118 Å². The lowest BCUT2D eigenvalue weighted by atomic mass is 9.99. The molecule has 0 bridgehead atoms. The fourth-order valence-corrected chi connectivity index (χ4v) is 3.86. The average molecular weight is 462 g/mol. The predicted molar refractivity (Wildman–Crippen MR) is 122 cm³/mol. The second kappa shape index (κ2) is 12.2. The Kier molecular flexibility index (Phi) is 9.64. The van der Waals surface area contributed by atoms with Crippen molar-refractivity contribution in [1.29, 1.82) is 0 Å². The molecule has 32 heavy (non-hydrogen) atoms. The second-order valence-corrected chi connectivity index (χ2v) is 9.32. The molecule has 0 spiro atoms. The smallest absolute Gasteiger partial charge is 0.408 e. The molecule has 8 nitrogen and oxygen atoms in total. The molecule has 2 unspecified atom stereocenters. The number of ether oxygens (including phenoxy) is 1. The molecular weight excluding hydrogens is 430 g/mol. The van der Waals surface area contributed by atoms with Crippen LogP contribution in [0.2, 0.25) is 0 Å². The minimum absolute atomic E-state index is 0.0237. The van der Waals surface area contributed by atoms with Crippen LogP contribution in [0.25, 0.3) is 0 Å². The van der Waals surface area contributed by atoms with E-state index in [2.05, 4.69) is 15.6 Å². The molecule has 2 amide bonds. The van der Waals surface area contributed by atoms with Crippen LogP contribution < -0.4 is 10.6 Å². The molecule has 0 saturated carbocycles. The number of aromatic nitrogens is 1. The van der Waals surface area contributed by atoms with Crippen LogP contribution in [-0.2, 0) is 16.1 Å². The van der Waals surface area contributed by atoms with E-state index in [1.165, 1.54) is 0 Å². The summed E-state index contributed by atoms with van der Waals surface area (Å²) in [6, 6.07) is 8.04. The second-order valence-electron chi connectivity index (χ2n) is 8.46. The summed E-state index contributed by atoms with van der Waals surface area (Å²) in [6.07, 6.45) is 0.344. The number of hydrogen-bond donors (Lipinski definition) is 3. The lowest BCUT2D eigenvalue weighted by Gasteiger charge is -2.24. The molecule has 0 aliphatic heterocycles. The molecule has 1 heterocycles. The van der Waals surface area contributed by atoms with Crippen molar-refractivity contribution in [2.75, 3.05) is 0 Å². The Bertz CT molecular complexity index is 898. The monoisotopic (exact) mass is 461 g/mol. The van der Waals surface area contributed by atoms with Crippen LogP contribution in [0.1, 0.15) is 67.6 Å². The van der Waals surface area contributed by atoms with Crippen LogP contribution in [-0.4, -0.2) is 34.1 Å². The normalized spacial score (nSPS) is 12.9. The number of nitrogens with one attached hydrogen (secondary N) is 2. The highest BCUT2D eigenvalue weighted by molar-refractivity contribution is 7.11. The van der Waals surface area contributed by atoms with E-state index in [0.29, 0.717) is 18.5 Å². The summed E-state index contributed by atoms with van der Waals surface area (Å²) >= 11 is 1.02. The molecule has 0 saturated heterocycles. The Labute approximate surface area is 192 Å². The number of hydrogen-bond acceptors (Lipinski definition) is 6. The number of aromatic carboxylic acids is 1. The van der Waals surface area contributed by atoms with Crippen LogP contribution in [0, 0.1) is 11.8 Å². The van der Waals surface area contributed by atoms with Gasteiger partial charge in [-0.2, -0.15) is 0 Å². The Morgan fingerprint density at radius 3 is 2.25 bits per heavy atom. The van der Waals surface area contributed by atoms with Gasteiger partial charge in [-0.05, 0) is 30.2 Å². The summed E-state index contributed by atoms with van der Waals surface area (Å²) in [5, 5.41) is 16.4. The van der Waals surface area contributed by atoms with Gasteiger partial charge in [0.05, 0.1) is 11.7 Å². The zero-order valence-electron chi connectivity index (χ0n) is 18.8. The van der Waals surface area contributed by atoms with E-state index in [0.717, 1.165) is 16.9 Å². The number of thiazole rings is 1. The molecule has 0 aliphatic carbocycles. The third-order valence-electron chi connectivity index (χ3n) is 4.61. The van der Waals surface area contributed by atoms with Crippen molar-refractivity contribution < 1.29 is 24.2 Å². The van der Waals surface area contributed by atoms with Gasteiger partial charge in [-0.1, -0.05) is 58.0 Å². The molecule has 174 valence electrons. The first-order valence-electron chi connectivity index (χ1n) is 10.6. The number of alkyl carbamates (subject to hydrolysis) is 1. The number of amides is 2. The molecule has 2 atom stereocenters. The standard InChI is InChI=1S/C23H31N3O5S/c1-14(2)10-17(19-13-32-21(25-19)22(28)29)24-20(27)18(11-15(3)4)26-23(30)31-12-16-8-6-5-7-9-16/h5-9,13-15,17-18H,10-12H2,1-4H3,(H,24,27)(H,26,30)(H,28,29). The van der Waals surface area contributed by atoms with Crippen molar-refractivity contribution in [3.05, 3.63) is 52.0 Å². The molecular formula is C23H31N3O5S. The van der Waals surface area contributed by atoms with Gasteiger partial charge in [0.25, 0.3) is 0 Å². The van der Waals surface area contributed by atoms with Crippen LogP contribution in [0.3, 0.4) is 0 Å². The lowest BCUT2D eigenvalue weighted by molar-refractivity contribution is -0.124. The molecule has 2 aromatic rings. The molecule has 0 aliphatic rings. The largest absolute Gasteiger partial charge is 0.476 e. The molecule has 0 radical (unpaired) electrons. The molecule has 1 aromatic heterocycles. The highest BCUT2D eigenvalue weighted by Crippen LogP contribution is 2.24. The first-order chi connectivity index (χ1) is 15.2. The molecule has 3 N–H and O–H groups in total. The third kappa shape index (κ3) is 8.30. The first-order valence-corrected chi connectivity index (χ1v) is 11.5. The Hall–Kier alpha value is -2.94. The Balaban J connectivity index is 2.07. The van der Waals surface area contributed by atoms with Gasteiger partial charge in [-0.25, -0.2) is 14.6 Å². The highest BCUT2D eigenvalue weighted by Gasteiger charge is 2.27. The van der Waals surface area contributed by atoms with Crippen molar-refractivity contribution in [1.82, 2.24) is 15.6 Å². The molecule has 1 aromatic carbocycles. The van der Waals surface area contributed by atoms with Crippen molar-refractivity contribution >= 4 is 29.3 Å². The number of carboxylic acid groups (broad SMARTS) is 1. The van der Waals surface area contributed by atoms with Gasteiger partial charge in [0, 0.05) is 5.38 Å². The van der Waals surface area contributed by atoms with Crippen molar-refractivity contribution in [3.63, 3.8) is 0 Å². The zero-order chi connectivity index (χ0) is 23.7. The number of rotatable bonds is 11. The van der Waals surface area contributed by atoms with Gasteiger partial charge in [-0.15, -0.1) is 11.3 Å². The summed E-state index contributed by atoms with van der Waals surface area (Å²) in [5.74, 6) is -1.06. The van der Waals surface area contributed by atoms with Gasteiger partial charge >= 0.3 is 12.1 Å². The number of benzene rings is 1. The van der Waals surface area contributed by atoms with E-state index in [4.69, 9.17) is 9.84 Å². The highest BCUT2D eigenvalue weighted by atomic mass is 32.1. The lowest BCUT2D eigenvalue weighted by Crippen LogP contribution is -2.48. The van der Waals surface area contributed by atoms with E-state index in [1.807, 2.05) is 58.0 Å². The molecule has 0 fully saturated rings. The minimum Gasteiger partial charge on any atom is -0.476 e. The number of carbonyl (C=O) groups is 3. The van der Waals surface area contributed by atoms with E-state index >= 15 is 0 Å². The van der Waals surface area contributed by atoms with E-state index in [9.17, 15) is 14.4 Å². The summed E-state index contributed by atoms with van der Waals surface area (Å²) in [7, 11) is 0. The fourth-order valence-electron chi connectivity index (χ4n) is 3.15. The minimum atomic E-state index is -1.10. The van der Waals surface area contributed by atoms with Gasteiger partial charge in [0.15, 0.2) is 0 Å². The summed E-state index contributed by atoms with van der Waals surface area (Å²) in [6.45, 7) is 8.04. The summed E-state index contributed by atoms with van der Waals surface area (Å²) in [5.41, 5.74) is 1.35. The quantitative estimate of drug-likeness (QED) is 0.457. The fraction of sp³-hybridized carbons (Fsp3) is 0.478. The van der Waals surface area contributed by atoms with Crippen LogP contribution in [0.5, 0.6) is 0 Å². The van der Waals surface area contributed by atoms with Crippen LogP contribution in [0.15, 0.2) is 35.7 Å². The van der Waals surface area contributed by atoms with Gasteiger partial charge in [0.1, 0.15) is 12.6 Å². The Morgan fingerprint density at radius 1 is 1.03 bits per heavy atom. The van der Waals surface area contributed by atoms with Crippen LogP contribution >= 0.6 is 11.3 Å². The van der Waals surface area contributed by atoms with Crippen molar-refractivity contribution in [2.24, 2.45) is 11.8 Å². The summed E-state index contributed by atoms with van der Waals surface area (Å²) in [4.78, 5) is 40.8. The number of carbonyl (C=O) groups excluding carboxylic acids is 2. The van der Waals surface area contributed by atoms with E-state index in [-0.39, 0.29) is 29.4 Å². The number of nitrogens with zero attached hydrogens (tertiary/aromatic N) is 1. The van der Waals surface area contributed by atoms with E-state index < -0.39 is 24.1 Å². The summed E-state index contributed by atoms with van der Waals surface area (Å²) < 4.78 is 5.27. The number of carboxylic acids is 1. The Morgan fingerprint density at radius 2 is 1.69 bits per heavy atom. The maximum atomic E-state index is 13.1. The van der Waals surface area contributed by atoms with Gasteiger partial charge in [-0.3, -0.25) is 4.79 Å². The van der Waals surface area contributed by atoms with Crippen LogP contribution in [0.4, 0.5) is 4.79 Å². The predicted octanol–water partition coefficient (Wildman–Crippen LogP) is 4.39. The van der Waals surface area contributed by atoms with Gasteiger partial charge < -0.3 is 20.5 Å². The van der Waals surface area contributed by atoms with Gasteiger partial charge in [0.2, 0.25) is 10.9 Å². The van der Waals surface area contributed by atoms with Crippen molar-refractivity contribution in [3.8, 4) is 0 Å². The molecule has 2 rings (SSSR count). The van der Waals surface area contributed by atoms with E-state index in [1.54, 1.807) is 5.38 Å². The first kappa shape index (κ1) is 25.3. The van der Waals surface area contributed by atoms with Crippen molar-refractivity contribution in [2.45, 2.75) is 59.2 Å². The average Bonchev–Trinajstić information content (AvgIpc) is 3.22.